The molecule has 3 rings (SSSR count). The van der Waals surface area contributed by atoms with E-state index in [0.29, 0.717) is 53.8 Å². The number of methoxy groups -OCH3 is 4. The zero-order valence-electron chi connectivity index (χ0n) is 22.0. The Morgan fingerprint density at radius 1 is 0.919 bits per heavy atom. The minimum absolute atomic E-state index is 0.0173. The topological polar surface area (TPSA) is 104 Å². The van der Waals surface area contributed by atoms with Crippen molar-refractivity contribution < 1.29 is 38.4 Å². The number of aliphatic hydroxyl groups excluding tert-OH is 1. The fourth-order valence-electron chi connectivity index (χ4n) is 4.29. The zero-order chi connectivity index (χ0) is 26.9. The number of hydrogen-bond acceptors (Lipinski definition) is 8. The molecule has 1 amide bonds. The van der Waals surface area contributed by atoms with E-state index in [1.54, 1.807) is 43.5 Å². The Morgan fingerprint density at radius 2 is 1.57 bits per heavy atom. The van der Waals surface area contributed by atoms with Crippen molar-refractivity contribution in [2.24, 2.45) is 0 Å². The molecule has 37 heavy (non-hydrogen) atoms. The van der Waals surface area contributed by atoms with Crippen molar-refractivity contribution >= 4 is 17.4 Å². The molecule has 1 fully saturated rings. The monoisotopic (exact) mass is 513 g/mol. The summed E-state index contributed by atoms with van der Waals surface area (Å²) in [6, 6.07) is 9.29. The molecule has 1 atom stereocenters. The maximum absolute atomic E-state index is 13.3. The van der Waals surface area contributed by atoms with Crippen molar-refractivity contribution in [3.05, 3.63) is 53.1 Å². The van der Waals surface area contributed by atoms with Gasteiger partial charge in [0, 0.05) is 25.8 Å². The molecule has 2 aromatic rings. The summed E-state index contributed by atoms with van der Waals surface area (Å²) in [4.78, 5) is 27.9. The minimum atomic E-state index is -0.869. The lowest BCUT2D eigenvalue weighted by Crippen LogP contribution is -2.31. The largest absolute Gasteiger partial charge is 0.507 e. The highest BCUT2D eigenvalue weighted by atomic mass is 16.5. The molecule has 9 nitrogen and oxygen atoms in total. The Balaban J connectivity index is 2.12. The Morgan fingerprint density at radius 3 is 2.11 bits per heavy atom. The summed E-state index contributed by atoms with van der Waals surface area (Å²) in [6.07, 6.45) is 2.46. The third kappa shape index (κ3) is 5.99. The van der Waals surface area contributed by atoms with Gasteiger partial charge in [0.15, 0.2) is 11.5 Å². The lowest BCUT2D eigenvalue weighted by atomic mass is 9.94. The van der Waals surface area contributed by atoms with Gasteiger partial charge in [0.2, 0.25) is 5.75 Å². The Hall–Kier alpha value is -3.72. The first-order chi connectivity index (χ1) is 17.9. The van der Waals surface area contributed by atoms with Crippen LogP contribution in [0.15, 0.2) is 42.0 Å². The first-order valence-electron chi connectivity index (χ1n) is 12.2. The number of aliphatic hydroxyl groups is 1. The van der Waals surface area contributed by atoms with Gasteiger partial charge in [-0.1, -0.05) is 13.3 Å². The molecule has 1 aliphatic rings. The molecule has 0 spiro atoms. The highest BCUT2D eigenvalue weighted by Crippen LogP contribution is 2.45. The summed E-state index contributed by atoms with van der Waals surface area (Å²) >= 11 is 0. The Bertz CT molecular complexity index is 1100. The SMILES string of the molecule is CCCCOc1ccc(/C(O)=C2\C(=O)C(=O)N(CCCOC)C2c2cc(OC)c(OC)c(OC)c2)cc1. The highest BCUT2D eigenvalue weighted by Gasteiger charge is 2.46. The maximum Gasteiger partial charge on any atom is 0.295 e. The lowest BCUT2D eigenvalue weighted by molar-refractivity contribution is -0.140. The summed E-state index contributed by atoms with van der Waals surface area (Å²) in [5, 5.41) is 11.3. The third-order valence-electron chi connectivity index (χ3n) is 6.18. The van der Waals surface area contributed by atoms with Crippen LogP contribution < -0.4 is 18.9 Å². The van der Waals surface area contributed by atoms with Crippen molar-refractivity contribution in [3.8, 4) is 23.0 Å². The maximum atomic E-state index is 13.3. The number of carbonyl (C=O) groups excluding carboxylic acids is 2. The van der Waals surface area contributed by atoms with Crippen LogP contribution in [-0.4, -0.2) is 69.9 Å². The van der Waals surface area contributed by atoms with E-state index in [2.05, 4.69) is 6.92 Å². The van der Waals surface area contributed by atoms with Crippen LogP contribution in [0.1, 0.15) is 43.4 Å². The van der Waals surface area contributed by atoms with Gasteiger partial charge in [-0.3, -0.25) is 9.59 Å². The number of likely N-dealkylation sites (tertiary alicyclic amines) is 1. The highest BCUT2D eigenvalue weighted by molar-refractivity contribution is 6.46. The molecule has 0 radical (unpaired) electrons. The molecule has 1 aliphatic heterocycles. The van der Waals surface area contributed by atoms with E-state index in [-0.39, 0.29) is 17.9 Å². The van der Waals surface area contributed by atoms with Gasteiger partial charge in [-0.15, -0.1) is 0 Å². The van der Waals surface area contributed by atoms with Gasteiger partial charge < -0.3 is 33.7 Å². The quantitative estimate of drug-likeness (QED) is 0.183. The Kier molecular flexibility index (Phi) is 9.79. The molecule has 0 aliphatic carbocycles. The van der Waals surface area contributed by atoms with Gasteiger partial charge in [0.1, 0.15) is 11.5 Å². The molecule has 1 heterocycles. The van der Waals surface area contributed by atoms with Gasteiger partial charge >= 0.3 is 0 Å². The van der Waals surface area contributed by atoms with Crippen LogP contribution in [0.4, 0.5) is 0 Å². The Labute approximate surface area is 217 Å². The van der Waals surface area contributed by atoms with Crippen LogP contribution in [0, 0.1) is 0 Å². The number of ether oxygens (including phenoxy) is 5. The predicted molar refractivity (Wildman–Crippen MR) is 138 cm³/mol. The predicted octanol–water partition coefficient (Wildman–Crippen LogP) is 4.35. The lowest BCUT2D eigenvalue weighted by Gasteiger charge is -2.26. The number of nitrogens with zero attached hydrogens (tertiary/aromatic N) is 1. The van der Waals surface area contributed by atoms with Crippen molar-refractivity contribution in [2.75, 3.05) is 48.2 Å². The molecular weight excluding hydrogens is 478 g/mol. The smallest absolute Gasteiger partial charge is 0.295 e. The molecule has 2 aromatic carbocycles. The minimum Gasteiger partial charge on any atom is -0.507 e. The van der Waals surface area contributed by atoms with Gasteiger partial charge in [-0.05, 0) is 54.8 Å². The number of hydrogen-bond donors (Lipinski definition) is 1. The number of unbranched alkanes of at least 4 members (excludes halogenated alkanes) is 1. The first-order valence-corrected chi connectivity index (χ1v) is 12.2. The fraction of sp³-hybridized carbons (Fsp3) is 0.429. The van der Waals surface area contributed by atoms with Gasteiger partial charge in [0.05, 0.1) is 39.6 Å². The molecule has 0 bridgehead atoms. The summed E-state index contributed by atoms with van der Waals surface area (Å²) in [5.74, 6) is 0.0371. The molecule has 9 heteroatoms. The summed E-state index contributed by atoms with van der Waals surface area (Å²) < 4.78 is 27.3. The van der Waals surface area contributed by atoms with Crippen LogP contribution in [0.5, 0.6) is 23.0 Å². The van der Waals surface area contributed by atoms with E-state index < -0.39 is 17.7 Å². The molecule has 0 saturated carbocycles. The van der Waals surface area contributed by atoms with Crippen LogP contribution in [-0.2, 0) is 14.3 Å². The molecule has 1 N–H and O–H groups in total. The second-order valence-electron chi connectivity index (χ2n) is 8.52. The van der Waals surface area contributed by atoms with Crippen molar-refractivity contribution in [1.29, 1.82) is 0 Å². The van der Waals surface area contributed by atoms with E-state index in [9.17, 15) is 14.7 Å². The number of rotatable bonds is 13. The standard InChI is InChI=1S/C28H35NO8/c1-6-7-15-37-20-11-9-18(10-12-20)25(30)23-24(29(13-8-14-33-2)28(32)26(23)31)19-16-21(34-3)27(36-5)22(17-19)35-4/h9-12,16-17,24,30H,6-8,13-15H2,1-5H3/b25-23+. The zero-order valence-corrected chi connectivity index (χ0v) is 22.0. The first kappa shape index (κ1) is 27.9. The number of carbonyl (C=O) groups is 2. The average molecular weight is 514 g/mol. The van der Waals surface area contributed by atoms with E-state index in [4.69, 9.17) is 23.7 Å². The van der Waals surface area contributed by atoms with Gasteiger partial charge in [-0.2, -0.15) is 0 Å². The average Bonchev–Trinajstić information content (AvgIpc) is 3.17. The molecule has 1 unspecified atom stereocenters. The van der Waals surface area contributed by atoms with E-state index in [1.807, 2.05) is 0 Å². The normalized spacial score (nSPS) is 16.7. The third-order valence-corrected chi connectivity index (χ3v) is 6.18. The molecule has 0 aromatic heterocycles. The van der Waals surface area contributed by atoms with Gasteiger partial charge in [-0.25, -0.2) is 0 Å². The number of ketones is 1. The van der Waals surface area contributed by atoms with Crippen molar-refractivity contribution in [1.82, 2.24) is 4.90 Å². The number of benzene rings is 2. The van der Waals surface area contributed by atoms with E-state index in [0.717, 1.165) is 12.8 Å². The second-order valence-corrected chi connectivity index (χ2v) is 8.52. The number of amides is 1. The molecule has 200 valence electrons. The van der Waals surface area contributed by atoms with Crippen LogP contribution >= 0.6 is 0 Å². The second kappa shape index (κ2) is 13.0. The van der Waals surface area contributed by atoms with Crippen LogP contribution in [0.3, 0.4) is 0 Å². The summed E-state index contributed by atoms with van der Waals surface area (Å²) in [7, 11) is 6.04. The fourth-order valence-corrected chi connectivity index (χ4v) is 4.29. The van der Waals surface area contributed by atoms with E-state index in [1.165, 1.54) is 26.2 Å². The van der Waals surface area contributed by atoms with Crippen LogP contribution in [0.2, 0.25) is 0 Å². The van der Waals surface area contributed by atoms with Crippen LogP contribution in [0.25, 0.3) is 5.76 Å². The molecule has 1 saturated heterocycles. The van der Waals surface area contributed by atoms with Gasteiger partial charge in [0.25, 0.3) is 11.7 Å². The van der Waals surface area contributed by atoms with Crippen molar-refractivity contribution in [2.45, 2.75) is 32.2 Å². The van der Waals surface area contributed by atoms with E-state index >= 15 is 0 Å². The molecular formula is C28H35NO8. The summed E-state index contributed by atoms with van der Waals surface area (Å²) in [5.41, 5.74) is 0.915. The summed E-state index contributed by atoms with van der Waals surface area (Å²) in [6.45, 7) is 3.33. The number of Topliss-reactive ketones (excluding diaryl/α,β-unsaturated/α-hetero) is 1. The van der Waals surface area contributed by atoms with Crippen molar-refractivity contribution in [3.63, 3.8) is 0 Å².